The van der Waals surface area contributed by atoms with Crippen molar-refractivity contribution < 1.29 is 18.0 Å². The lowest BCUT2D eigenvalue weighted by Crippen LogP contribution is -2.51. The Kier molecular flexibility index (Phi) is 6.47. The summed E-state index contributed by atoms with van der Waals surface area (Å²) >= 11 is 6.00. The lowest BCUT2D eigenvalue weighted by Gasteiger charge is -2.34. The van der Waals surface area contributed by atoms with Crippen molar-refractivity contribution in [3.05, 3.63) is 41.4 Å². The summed E-state index contributed by atoms with van der Waals surface area (Å²) in [4.78, 5) is 29.2. The van der Waals surface area contributed by atoms with E-state index in [4.69, 9.17) is 11.6 Å². The Morgan fingerprint density at radius 1 is 1.06 bits per heavy atom. The van der Waals surface area contributed by atoms with Crippen LogP contribution in [0.4, 0.5) is 0 Å². The molecule has 32 heavy (non-hydrogen) atoms. The molecule has 2 aliphatic heterocycles. The Morgan fingerprint density at radius 3 is 2.44 bits per heavy atom. The molecule has 2 aromatic carbocycles. The molecule has 2 aliphatic rings. The van der Waals surface area contributed by atoms with Crippen LogP contribution in [-0.4, -0.2) is 61.7 Å². The van der Waals surface area contributed by atoms with Crippen LogP contribution >= 0.6 is 11.6 Å². The van der Waals surface area contributed by atoms with Crippen molar-refractivity contribution in [3.63, 3.8) is 0 Å². The van der Waals surface area contributed by atoms with Crippen molar-refractivity contribution in [1.82, 2.24) is 14.5 Å². The number of likely N-dealkylation sites (tertiary alicyclic amines) is 2. The Bertz CT molecular complexity index is 1150. The van der Waals surface area contributed by atoms with Gasteiger partial charge in [-0.3, -0.25) is 9.59 Å². The van der Waals surface area contributed by atoms with Crippen molar-refractivity contribution >= 4 is 44.2 Å². The molecule has 1 unspecified atom stereocenters. The molecule has 0 spiro atoms. The number of fused-ring (bicyclic) bond motifs is 1. The van der Waals surface area contributed by atoms with Crippen LogP contribution < -0.4 is 4.72 Å². The summed E-state index contributed by atoms with van der Waals surface area (Å²) < 4.78 is 28.4. The van der Waals surface area contributed by atoms with Crippen LogP contribution in [0.15, 0.2) is 41.3 Å². The van der Waals surface area contributed by atoms with E-state index in [1.165, 1.54) is 11.0 Å². The smallest absolute Gasteiger partial charge is 0.245 e. The number of carbonyl (C=O) groups excluding carboxylic acids is 2. The Morgan fingerprint density at radius 2 is 1.72 bits per heavy atom. The number of nitrogens with one attached hydrogen (secondary N) is 1. The highest BCUT2D eigenvalue weighted by Gasteiger charge is 2.40. The fraction of sp³-hybridized carbons (Fsp3) is 0.478. The van der Waals surface area contributed by atoms with Gasteiger partial charge in [0, 0.05) is 24.7 Å². The minimum absolute atomic E-state index is 0.0676. The highest BCUT2D eigenvalue weighted by atomic mass is 35.5. The second-order valence-corrected chi connectivity index (χ2v) is 11.0. The van der Waals surface area contributed by atoms with Gasteiger partial charge in [0.25, 0.3) is 0 Å². The van der Waals surface area contributed by atoms with Crippen LogP contribution in [0, 0.1) is 5.92 Å². The first kappa shape index (κ1) is 23.0. The topological polar surface area (TPSA) is 86.8 Å². The number of hydrogen-bond acceptors (Lipinski definition) is 4. The summed E-state index contributed by atoms with van der Waals surface area (Å²) in [6, 6.07) is 8.50. The van der Waals surface area contributed by atoms with E-state index in [2.05, 4.69) is 11.6 Å². The van der Waals surface area contributed by atoms with Crippen molar-refractivity contribution in [2.45, 2.75) is 50.1 Å². The molecule has 172 valence electrons. The fourth-order valence-corrected chi connectivity index (χ4v) is 5.88. The number of carbonyl (C=O) groups is 2. The minimum Gasteiger partial charge on any atom is -0.341 e. The summed E-state index contributed by atoms with van der Waals surface area (Å²) in [7, 11) is -3.90. The average Bonchev–Trinajstić information content (AvgIpc) is 3.12. The Hall–Kier alpha value is -2.16. The van der Waals surface area contributed by atoms with Crippen molar-refractivity contribution in [2.24, 2.45) is 5.92 Å². The number of piperidine rings is 1. The number of amides is 2. The van der Waals surface area contributed by atoms with Crippen LogP contribution in [0.3, 0.4) is 0 Å². The van der Waals surface area contributed by atoms with E-state index in [9.17, 15) is 18.0 Å². The molecule has 7 nitrogen and oxygen atoms in total. The number of sulfonamides is 1. The molecule has 4 rings (SSSR count). The van der Waals surface area contributed by atoms with E-state index in [1.807, 2.05) is 4.90 Å². The molecule has 9 heteroatoms. The first-order chi connectivity index (χ1) is 15.2. The van der Waals surface area contributed by atoms with Gasteiger partial charge in [0.2, 0.25) is 21.8 Å². The van der Waals surface area contributed by atoms with Gasteiger partial charge in [0.15, 0.2) is 0 Å². The van der Waals surface area contributed by atoms with E-state index in [1.54, 1.807) is 37.3 Å². The first-order valence-electron chi connectivity index (χ1n) is 11.0. The standard InChI is InChI=1S/C23H28ClN3O4S/c1-15-7-10-26(11-8-15)22(28)16(2)27-12-9-21(23(27)29)25-32(30,31)20-6-4-17-13-19(24)5-3-18(17)14-20/h3-6,13-16,21,25H,7-12H2,1-2H3/t16-,21?/m0/s1. The van der Waals surface area contributed by atoms with Crippen molar-refractivity contribution in [2.75, 3.05) is 19.6 Å². The third-order valence-corrected chi connectivity index (χ3v) is 8.25. The number of nitrogens with zero attached hydrogens (tertiary/aromatic N) is 2. The van der Waals surface area contributed by atoms with Gasteiger partial charge in [-0.2, -0.15) is 4.72 Å². The van der Waals surface area contributed by atoms with Crippen LogP contribution in [0.5, 0.6) is 0 Å². The molecule has 0 saturated carbocycles. The predicted molar refractivity (Wildman–Crippen MR) is 124 cm³/mol. The third-order valence-electron chi connectivity index (χ3n) is 6.54. The van der Waals surface area contributed by atoms with Gasteiger partial charge in [-0.05, 0) is 67.1 Å². The molecule has 2 fully saturated rings. The average molecular weight is 478 g/mol. The normalized spacial score (nSPS) is 21.3. The van der Waals surface area contributed by atoms with Crippen LogP contribution in [0.25, 0.3) is 10.8 Å². The Labute approximate surface area is 193 Å². The SMILES string of the molecule is CC1CCN(C(=O)[C@H](C)N2CCC(NS(=O)(=O)c3ccc4cc(Cl)ccc4c3)C2=O)CC1. The van der Waals surface area contributed by atoms with E-state index in [0.717, 1.165) is 23.6 Å². The lowest BCUT2D eigenvalue weighted by molar-refractivity contribution is -0.144. The summed E-state index contributed by atoms with van der Waals surface area (Å²) in [5.41, 5.74) is 0. The molecule has 2 aromatic rings. The van der Waals surface area contributed by atoms with Crippen LogP contribution in [0.2, 0.25) is 5.02 Å². The molecule has 1 N–H and O–H groups in total. The monoisotopic (exact) mass is 477 g/mol. The van der Waals surface area contributed by atoms with Gasteiger partial charge in [0.1, 0.15) is 12.1 Å². The summed E-state index contributed by atoms with van der Waals surface area (Å²) in [6.45, 7) is 5.66. The van der Waals surface area contributed by atoms with Crippen molar-refractivity contribution in [3.8, 4) is 0 Å². The van der Waals surface area contributed by atoms with E-state index in [0.29, 0.717) is 37.0 Å². The molecule has 2 amide bonds. The zero-order valence-corrected chi connectivity index (χ0v) is 19.8. The molecular formula is C23H28ClN3O4S. The maximum absolute atomic E-state index is 13.0. The molecule has 0 bridgehead atoms. The quantitative estimate of drug-likeness (QED) is 0.717. The molecular weight excluding hydrogens is 450 g/mol. The first-order valence-corrected chi connectivity index (χ1v) is 12.8. The second kappa shape index (κ2) is 9.00. The molecule has 2 atom stereocenters. The highest BCUT2D eigenvalue weighted by molar-refractivity contribution is 7.89. The summed E-state index contributed by atoms with van der Waals surface area (Å²) in [6.07, 6.45) is 2.26. The summed E-state index contributed by atoms with van der Waals surface area (Å²) in [5.74, 6) is 0.183. The fourth-order valence-electron chi connectivity index (χ4n) is 4.44. The van der Waals surface area contributed by atoms with Gasteiger partial charge in [-0.1, -0.05) is 30.7 Å². The summed E-state index contributed by atoms with van der Waals surface area (Å²) in [5, 5.41) is 2.15. The van der Waals surface area contributed by atoms with Gasteiger partial charge >= 0.3 is 0 Å². The minimum atomic E-state index is -3.90. The van der Waals surface area contributed by atoms with Gasteiger partial charge in [0.05, 0.1) is 4.90 Å². The maximum Gasteiger partial charge on any atom is 0.245 e. The van der Waals surface area contributed by atoms with E-state index >= 15 is 0 Å². The van der Waals surface area contributed by atoms with E-state index < -0.39 is 22.1 Å². The van der Waals surface area contributed by atoms with Crippen LogP contribution in [-0.2, 0) is 19.6 Å². The number of hydrogen-bond donors (Lipinski definition) is 1. The largest absolute Gasteiger partial charge is 0.341 e. The van der Waals surface area contributed by atoms with Gasteiger partial charge in [-0.15, -0.1) is 0 Å². The maximum atomic E-state index is 13.0. The zero-order chi connectivity index (χ0) is 23.0. The predicted octanol–water partition coefficient (Wildman–Crippen LogP) is 3.02. The molecule has 2 heterocycles. The lowest BCUT2D eigenvalue weighted by atomic mass is 9.99. The molecule has 0 radical (unpaired) electrons. The number of halogens is 1. The molecule has 2 saturated heterocycles. The number of benzene rings is 2. The third kappa shape index (κ3) is 4.63. The van der Waals surface area contributed by atoms with Crippen LogP contribution in [0.1, 0.15) is 33.1 Å². The molecule has 0 aromatic heterocycles. The van der Waals surface area contributed by atoms with Gasteiger partial charge < -0.3 is 9.80 Å². The zero-order valence-electron chi connectivity index (χ0n) is 18.3. The van der Waals surface area contributed by atoms with Crippen molar-refractivity contribution in [1.29, 1.82) is 0 Å². The number of rotatable bonds is 5. The van der Waals surface area contributed by atoms with Gasteiger partial charge in [-0.25, -0.2) is 8.42 Å². The Balaban J connectivity index is 1.44. The van der Waals surface area contributed by atoms with E-state index in [-0.39, 0.29) is 16.7 Å². The second-order valence-electron chi connectivity index (χ2n) is 8.83. The molecule has 0 aliphatic carbocycles. The highest BCUT2D eigenvalue weighted by Crippen LogP contribution is 2.25.